The Kier molecular flexibility index (Phi) is 8.53. The van der Waals surface area contributed by atoms with Crippen LogP contribution in [0.3, 0.4) is 0 Å². The summed E-state index contributed by atoms with van der Waals surface area (Å²) in [7, 11) is 4.31. The molecule has 2 aromatic heterocycles. The molecule has 1 N–H and O–H groups in total. The fraction of sp³-hybridized carbons (Fsp3) is 0.267. The molecule has 4 aromatic rings. The van der Waals surface area contributed by atoms with Crippen LogP contribution in [0.1, 0.15) is 15.9 Å². The van der Waals surface area contributed by atoms with Gasteiger partial charge in [-0.3, -0.25) is 19.1 Å². The largest absolute Gasteiger partial charge is 0.497 e. The predicted octanol–water partition coefficient (Wildman–Crippen LogP) is 3.97. The lowest BCUT2D eigenvalue weighted by molar-refractivity contribution is -0.129. The first-order valence-corrected chi connectivity index (χ1v) is 13.6. The van der Waals surface area contributed by atoms with Gasteiger partial charge in [0.15, 0.2) is 5.82 Å². The van der Waals surface area contributed by atoms with Crippen molar-refractivity contribution in [3.63, 3.8) is 0 Å². The van der Waals surface area contributed by atoms with Crippen LogP contribution in [0.4, 0.5) is 28.9 Å². The number of amides is 2. The summed E-state index contributed by atoms with van der Waals surface area (Å²) in [6.07, 6.45) is 1.44. The second-order valence-electron chi connectivity index (χ2n) is 10.2. The van der Waals surface area contributed by atoms with E-state index in [9.17, 15) is 23.2 Å². The molecule has 1 saturated heterocycles. The third kappa shape index (κ3) is 5.92. The highest BCUT2D eigenvalue weighted by Crippen LogP contribution is 2.35. The molecule has 0 bridgehead atoms. The van der Waals surface area contributed by atoms with E-state index in [4.69, 9.17) is 4.74 Å². The summed E-state index contributed by atoms with van der Waals surface area (Å²) in [5.74, 6) is -3.32. The molecule has 0 aliphatic carbocycles. The number of aromatic nitrogens is 3. The van der Waals surface area contributed by atoms with E-state index in [1.807, 2.05) is 4.90 Å². The average molecular weight is 629 g/mol. The topological polar surface area (TPSA) is 111 Å². The first-order valence-electron chi connectivity index (χ1n) is 13.6. The summed E-state index contributed by atoms with van der Waals surface area (Å²) >= 11 is 0. The van der Waals surface area contributed by atoms with E-state index in [0.717, 1.165) is 28.9 Å². The number of ether oxygens (including phenoxy) is 2. The predicted molar refractivity (Wildman–Crippen MR) is 156 cm³/mol. The molecule has 0 atom stereocenters. The molecule has 45 heavy (non-hydrogen) atoms. The number of halogens is 4. The Bertz CT molecular complexity index is 1820. The van der Waals surface area contributed by atoms with Crippen LogP contribution in [0.25, 0.3) is 17.1 Å². The molecular formula is C30H28F4N6O5. The van der Waals surface area contributed by atoms with E-state index < -0.39 is 41.0 Å². The number of pyridine rings is 1. The molecule has 1 aliphatic heterocycles. The Hall–Kier alpha value is -5.34. The molecule has 2 amide bonds. The average Bonchev–Trinajstić information content (AvgIpc) is 3.22. The minimum atomic E-state index is -3.07. The van der Waals surface area contributed by atoms with Crippen molar-refractivity contribution in [2.45, 2.75) is 13.5 Å². The van der Waals surface area contributed by atoms with Crippen LogP contribution >= 0.6 is 0 Å². The van der Waals surface area contributed by atoms with Gasteiger partial charge in [-0.1, -0.05) is 0 Å². The quantitative estimate of drug-likeness (QED) is 0.294. The fourth-order valence-corrected chi connectivity index (χ4v) is 5.15. The number of methoxy groups -OCH3 is 1. The zero-order valence-corrected chi connectivity index (χ0v) is 24.6. The maximum Gasteiger partial charge on any atom is 0.387 e. The number of likely N-dealkylation sites (N-methyl/N-ethyl adjacent to an activating group) is 1. The van der Waals surface area contributed by atoms with Gasteiger partial charge in [0.05, 0.1) is 19.2 Å². The molecule has 1 fully saturated rings. The van der Waals surface area contributed by atoms with Crippen molar-refractivity contribution in [1.82, 2.24) is 19.2 Å². The van der Waals surface area contributed by atoms with Gasteiger partial charge in [-0.25, -0.2) is 13.8 Å². The Morgan fingerprint density at radius 2 is 1.67 bits per heavy atom. The standard InChI is InChI=1S/C30H28F4N6O5/c1-16-22(39-12-11-37(2)23(41)15-39)9-10-35-27(16)40-29(43)25(36-28(42)17-5-7-18(8-6-17)45-30(33)34)26(38(40)3)24-20(31)13-19(44-4)14-21(24)32/h5-10,13-14,30H,11-12,15H2,1-4H3,(H,36,42). The Balaban J connectivity index is 1.65. The minimum Gasteiger partial charge on any atom is -0.497 e. The zero-order chi connectivity index (χ0) is 32.6. The lowest BCUT2D eigenvalue weighted by Crippen LogP contribution is -2.48. The monoisotopic (exact) mass is 628 g/mol. The Morgan fingerprint density at radius 3 is 2.27 bits per heavy atom. The SMILES string of the molecule is COc1cc(F)c(-c2c(NC(=O)c3ccc(OC(F)F)cc3)c(=O)n(-c3nccc(N4CCN(C)C(=O)C4)c3C)n2C)c(F)c1. The maximum atomic E-state index is 15.5. The molecule has 11 nitrogen and oxygen atoms in total. The number of carbonyl (C=O) groups is 2. The molecule has 0 spiro atoms. The van der Waals surface area contributed by atoms with E-state index in [-0.39, 0.29) is 41.0 Å². The molecule has 3 heterocycles. The second kappa shape index (κ2) is 12.3. The summed E-state index contributed by atoms with van der Waals surface area (Å²) in [6.45, 7) is -0.290. The highest BCUT2D eigenvalue weighted by atomic mass is 19.3. The Morgan fingerprint density at radius 1 is 1.00 bits per heavy atom. The summed E-state index contributed by atoms with van der Waals surface area (Å²) in [5.41, 5.74) is -1.21. The van der Waals surface area contributed by atoms with Crippen LogP contribution in [-0.4, -0.2) is 71.5 Å². The molecule has 1 aliphatic rings. The van der Waals surface area contributed by atoms with Gasteiger partial charge in [-0.15, -0.1) is 0 Å². The fourth-order valence-electron chi connectivity index (χ4n) is 5.15. The van der Waals surface area contributed by atoms with Gasteiger partial charge >= 0.3 is 6.61 Å². The third-order valence-electron chi connectivity index (χ3n) is 7.48. The number of anilines is 2. The maximum absolute atomic E-state index is 15.5. The number of nitrogens with zero attached hydrogens (tertiary/aromatic N) is 5. The normalized spacial score (nSPS) is 13.4. The van der Waals surface area contributed by atoms with E-state index in [0.29, 0.717) is 24.3 Å². The van der Waals surface area contributed by atoms with Gasteiger partial charge in [-0.05, 0) is 37.3 Å². The van der Waals surface area contributed by atoms with Gasteiger partial charge in [0.25, 0.3) is 11.5 Å². The highest BCUT2D eigenvalue weighted by Gasteiger charge is 2.30. The molecule has 0 saturated carbocycles. The molecule has 15 heteroatoms. The summed E-state index contributed by atoms with van der Waals surface area (Å²) in [4.78, 5) is 47.5. The molecule has 0 unspecified atom stereocenters. The number of benzene rings is 2. The first-order chi connectivity index (χ1) is 21.4. The lowest BCUT2D eigenvalue weighted by atomic mass is 10.1. The van der Waals surface area contributed by atoms with Crippen LogP contribution in [-0.2, 0) is 11.8 Å². The minimum absolute atomic E-state index is 0.0518. The van der Waals surface area contributed by atoms with Gasteiger partial charge in [-0.2, -0.15) is 13.5 Å². The van der Waals surface area contributed by atoms with Crippen LogP contribution in [0.15, 0.2) is 53.5 Å². The number of hydrogen-bond acceptors (Lipinski definition) is 7. The summed E-state index contributed by atoms with van der Waals surface area (Å²) < 4.78 is 67.5. The number of nitrogens with one attached hydrogen (secondary N) is 1. The van der Waals surface area contributed by atoms with Crippen LogP contribution in [0.2, 0.25) is 0 Å². The number of alkyl halides is 2. The van der Waals surface area contributed by atoms with Crippen LogP contribution in [0.5, 0.6) is 11.5 Å². The number of piperazine rings is 1. The van der Waals surface area contributed by atoms with Crippen molar-refractivity contribution in [3.05, 3.63) is 81.8 Å². The summed E-state index contributed by atoms with van der Waals surface area (Å²) in [6, 6.07) is 8.21. The molecule has 5 rings (SSSR count). The van der Waals surface area contributed by atoms with Crippen LogP contribution < -0.4 is 25.2 Å². The smallest absolute Gasteiger partial charge is 0.387 e. The number of rotatable bonds is 8. The highest BCUT2D eigenvalue weighted by molar-refractivity contribution is 6.06. The van der Waals surface area contributed by atoms with Gasteiger partial charge in [0, 0.05) is 62.3 Å². The van der Waals surface area contributed by atoms with E-state index in [1.165, 1.54) is 37.2 Å². The zero-order valence-electron chi connectivity index (χ0n) is 24.6. The van der Waals surface area contributed by atoms with Crippen molar-refractivity contribution in [2.24, 2.45) is 7.05 Å². The van der Waals surface area contributed by atoms with Crippen molar-refractivity contribution >= 4 is 23.2 Å². The van der Waals surface area contributed by atoms with Crippen molar-refractivity contribution < 1.29 is 36.6 Å². The lowest BCUT2D eigenvalue weighted by Gasteiger charge is -2.34. The van der Waals surface area contributed by atoms with Crippen molar-refractivity contribution in [3.8, 4) is 28.6 Å². The van der Waals surface area contributed by atoms with Crippen LogP contribution in [0, 0.1) is 18.6 Å². The van der Waals surface area contributed by atoms with Crippen molar-refractivity contribution in [2.75, 3.05) is 44.0 Å². The van der Waals surface area contributed by atoms with E-state index in [2.05, 4.69) is 15.0 Å². The van der Waals surface area contributed by atoms with E-state index >= 15 is 8.78 Å². The molecular weight excluding hydrogens is 600 g/mol. The summed E-state index contributed by atoms with van der Waals surface area (Å²) in [5, 5.41) is 2.44. The van der Waals surface area contributed by atoms with E-state index in [1.54, 1.807) is 24.9 Å². The molecule has 2 aromatic carbocycles. The second-order valence-corrected chi connectivity index (χ2v) is 10.2. The Labute approximate surface area is 254 Å². The first kappa shape index (κ1) is 31.1. The van der Waals surface area contributed by atoms with Crippen molar-refractivity contribution in [1.29, 1.82) is 0 Å². The molecule has 236 valence electrons. The number of carbonyl (C=O) groups excluding carboxylic acids is 2. The number of hydrogen-bond donors (Lipinski definition) is 1. The third-order valence-corrected chi connectivity index (χ3v) is 7.48. The molecule has 0 radical (unpaired) electrons. The van der Waals surface area contributed by atoms with Gasteiger partial charge in [0.1, 0.15) is 34.5 Å². The van der Waals surface area contributed by atoms with Gasteiger partial charge in [0.2, 0.25) is 5.91 Å². The van der Waals surface area contributed by atoms with Gasteiger partial charge < -0.3 is 24.6 Å².